The standard InChI is InChI=1S/C36H54N2O2.ClH.Mn/c1-33(2,3)25-17-23(31(39)27(19-25)35(7,8)9)21-37-29-15-13-14-16-30(29)38-22-24-18-26(34(4,5)6)20-28(32(24)40)36(10,11)12;;/h17-22,29-30,39-40H,13-16H2,1-12H3;1H;/q;;+3/p-3/b37-21+,38-22+;;. The molecular formula is C36H52ClMnN2O2. The van der Waals surface area contributed by atoms with Gasteiger partial charge in [0.2, 0.25) is 0 Å². The second kappa shape index (κ2) is 11.9. The van der Waals surface area contributed by atoms with E-state index in [9.17, 15) is 0 Å². The molecule has 2 aliphatic rings. The van der Waals surface area contributed by atoms with Gasteiger partial charge in [0.1, 0.15) is 0 Å². The van der Waals surface area contributed by atoms with Crippen LogP contribution < -0.4 is 7.64 Å². The first-order chi connectivity index (χ1) is 19.2. The van der Waals surface area contributed by atoms with Crippen molar-refractivity contribution in [2.75, 3.05) is 0 Å². The third-order valence-corrected chi connectivity index (χ3v) is 9.70. The fourth-order valence-corrected chi connectivity index (χ4v) is 7.02. The molecule has 6 heteroatoms. The molecular weight excluding hydrogens is 583 g/mol. The molecule has 4 nitrogen and oxygen atoms in total. The first-order valence-electron chi connectivity index (χ1n) is 15.4. The molecule has 42 heavy (non-hydrogen) atoms. The van der Waals surface area contributed by atoms with E-state index in [1.54, 1.807) is 0 Å². The molecule has 2 aromatic carbocycles. The van der Waals surface area contributed by atoms with Crippen LogP contribution in [0.5, 0.6) is 11.5 Å². The van der Waals surface area contributed by atoms with Crippen molar-refractivity contribution in [2.45, 2.75) is 143 Å². The van der Waals surface area contributed by atoms with E-state index >= 15 is 0 Å². The summed E-state index contributed by atoms with van der Waals surface area (Å²) in [5, 5.41) is 0. The molecule has 2 atom stereocenters. The van der Waals surface area contributed by atoms with Gasteiger partial charge in [-0.25, -0.2) is 0 Å². The Hall–Kier alpha value is -1.81. The van der Waals surface area contributed by atoms with E-state index in [2.05, 4.69) is 107 Å². The van der Waals surface area contributed by atoms with Crippen LogP contribution in [-0.4, -0.2) is 24.5 Å². The van der Waals surface area contributed by atoms with Crippen molar-refractivity contribution in [3.05, 3.63) is 57.6 Å². The number of hydrogen-bond donors (Lipinski definition) is 0. The molecule has 1 fully saturated rings. The van der Waals surface area contributed by atoms with Crippen LogP contribution in [0.15, 0.2) is 34.3 Å². The fraction of sp³-hybridized carbons (Fsp3) is 0.611. The van der Waals surface area contributed by atoms with Crippen LogP contribution in [0.2, 0.25) is 0 Å². The Labute approximate surface area is 264 Å². The molecule has 1 saturated carbocycles. The van der Waals surface area contributed by atoms with E-state index in [0.717, 1.165) is 46.6 Å². The van der Waals surface area contributed by atoms with Crippen molar-refractivity contribution in [1.82, 2.24) is 0 Å². The van der Waals surface area contributed by atoms with Gasteiger partial charge in [-0.15, -0.1) is 0 Å². The molecule has 0 N–H and O–H groups in total. The van der Waals surface area contributed by atoms with E-state index in [0.29, 0.717) is 0 Å². The Morgan fingerprint density at radius 3 is 1.26 bits per heavy atom. The average Bonchev–Trinajstić information content (AvgIpc) is 2.85. The van der Waals surface area contributed by atoms with Gasteiger partial charge in [0.05, 0.1) is 0 Å². The molecule has 2 aromatic rings. The zero-order chi connectivity index (χ0) is 31.3. The number of fused-ring (bicyclic) bond motifs is 3. The SMILES string of the molecule is CC(C)(C)c1cc2c(c(C(C)(C)C)c1)[O][Mn]([Cl])[O]c1c(cc(C(C)(C)C)cc1C(C)(C)C)/C=N/C1CCCCC1/N=C/2. The molecule has 1 heterocycles. The summed E-state index contributed by atoms with van der Waals surface area (Å²) in [4.78, 5) is 10.4. The van der Waals surface area contributed by atoms with Crippen molar-refractivity contribution < 1.29 is 21.3 Å². The molecule has 0 saturated heterocycles. The van der Waals surface area contributed by atoms with E-state index in [1.807, 2.05) is 12.4 Å². The molecule has 0 spiro atoms. The van der Waals surface area contributed by atoms with E-state index < -0.39 is 13.6 Å². The second-order valence-electron chi connectivity index (χ2n) is 16.2. The second-order valence-corrected chi connectivity index (χ2v) is 18.2. The van der Waals surface area contributed by atoms with Gasteiger partial charge in [-0.3, -0.25) is 0 Å². The van der Waals surface area contributed by atoms with Crippen molar-refractivity contribution in [2.24, 2.45) is 9.98 Å². The Morgan fingerprint density at radius 2 is 0.952 bits per heavy atom. The fourth-order valence-electron chi connectivity index (χ4n) is 5.58. The van der Waals surface area contributed by atoms with Crippen LogP contribution in [-0.2, 0) is 35.3 Å². The van der Waals surface area contributed by atoms with Crippen LogP contribution in [0.4, 0.5) is 0 Å². The third kappa shape index (κ3) is 7.63. The molecule has 0 radical (unpaired) electrons. The summed E-state index contributed by atoms with van der Waals surface area (Å²) in [5.41, 5.74) is 6.28. The summed E-state index contributed by atoms with van der Waals surface area (Å²) in [6.45, 7) is 26.9. The molecule has 4 rings (SSSR count). The zero-order valence-electron chi connectivity index (χ0n) is 27.9. The number of nitrogens with zero attached hydrogens (tertiary/aromatic N) is 2. The van der Waals surface area contributed by atoms with Crippen LogP contribution in [0.25, 0.3) is 0 Å². The molecule has 2 unspecified atom stereocenters. The number of halogens is 1. The Morgan fingerprint density at radius 1 is 0.595 bits per heavy atom. The van der Waals surface area contributed by atoms with E-state index in [4.69, 9.17) is 27.7 Å². The molecule has 232 valence electrons. The number of benzene rings is 2. The minimum absolute atomic E-state index is 0.0293. The van der Waals surface area contributed by atoms with E-state index in [1.165, 1.54) is 24.0 Å². The van der Waals surface area contributed by atoms with Gasteiger partial charge in [-0.2, -0.15) is 0 Å². The summed E-state index contributed by atoms with van der Waals surface area (Å²) in [6, 6.07) is 9.27. The van der Waals surface area contributed by atoms with Gasteiger partial charge >= 0.3 is 265 Å². The van der Waals surface area contributed by atoms with Crippen LogP contribution in [0.1, 0.15) is 142 Å². The number of hydrogen-bond acceptors (Lipinski definition) is 4. The predicted octanol–water partition coefficient (Wildman–Crippen LogP) is 10.1. The van der Waals surface area contributed by atoms with Gasteiger partial charge in [-0.1, -0.05) is 0 Å². The first-order valence-corrected chi connectivity index (χ1v) is 18.0. The first kappa shape index (κ1) is 33.1. The molecule has 1 aliphatic heterocycles. The van der Waals surface area contributed by atoms with Gasteiger partial charge in [0.25, 0.3) is 0 Å². The van der Waals surface area contributed by atoms with Gasteiger partial charge in [0.15, 0.2) is 0 Å². The van der Waals surface area contributed by atoms with Gasteiger partial charge in [-0.05, 0) is 0 Å². The van der Waals surface area contributed by atoms with Gasteiger partial charge in [0, 0.05) is 0 Å². The predicted molar refractivity (Wildman–Crippen MR) is 176 cm³/mol. The monoisotopic (exact) mass is 634 g/mol. The van der Waals surface area contributed by atoms with Crippen molar-refractivity contribution >= 4 is 22.5 Å². The zero-order valence-corrected chi connectivity index (χ0v) is 29.9. The summed E-state index contributed by atoms with van der Waals surface area (Å²) in [6.07, 6.45) is 8.45. The Balaban J connectivity index is 1.99. The number of rotatable bonds is 0. The van der Waals surface area contributed by atoms with Crippen molar-refractivity contribution in [3.63, 3.8) is 0 Å². The summed E-state index contributed by atoms with van der Waals surface area (Å²) in [7, 11) is 7.11. The average molecular weight is 635 g/mol. The van der Waals surface area contributed by atoms with Crippen LogP contribution in [0.3, 0.4) is 0 Å². The summed E-state index contributed by atoms with van der Waals surface area (Å²) >= 11 is -2.32. The maximum atomic E-state index is 7.11. The molecule has 1 aliphatic carbocycles. The van der Waals surface area contributed by atoms with Crippen LogP contribution >= 0.6 is 10.1 Å². The number of aliphatic imine (C=N–C) groups is 2. The maximum absolute atomic E-state index is 7.11. The van der Waals surface area contributed by atoms with Crippen molar-refractivity contribution in [1.29, 1.82) is 0 Å². The summed E-state index contributed by atoms with van der Waals surface area (Å²) < 4.78 is 13.4. The topological polar surface area (TPSA) is 43.2 Å². The van der Waals surface area contributed by atoms with Gasteiger partial charge < -0.3 is 0 Å². The van der Waals surface area contributed by atoms with Crippen LogP contribution in [0, 0.1) is 0 Å². The normalized spacial score (nSPS) is 22.6. The molecule has 0 amide bonds. The van der Waals surface area contributed by atoms with E-state index in [-0.39, 0.29) is 33.7 Å². The van der Waals surface area contributed by atoms with Crippen molar-refractivity contribution in [3.8, 4) is 11.5 Å². The minimum atomic E-state index is -2.32. The summed E-state index contributed by atoms with van der Waals surface area (Å²) in [5.74, 6) is 1.56. The third-order valence-electron chi connectivity index (χ3n) is 8.36. The molecule has 0 aromatic heterocycles. The Kier molecular flexibility index (Phi) is 9.41. The molecule has 0 bridgehead atoms. The quantitative estimate of drug-likeness (QED) is 0.271. The Bertz CT molecular complexity index is 1250.